The van der Waals surface area contributed by atoms with E-state index in [1.807, 2.05) is 13.0 Å². The Balaban J connectivity index is 0.000000243. The van der Waals surface area contributed by atoms with Crippen molar-refractivity contribution >= 4 is 10.1 Å². The van der Waals surface area contributed by atoms with Crippen molar-refractivity contribution in [3.63, 3.8) is 0 Å². The Kier molecular flexibility index (Phi) is 7.94. The molecule has 2 aromatic carbocycles. The highest BCUT2D eigenvalue weighted by atomic mass is 127. The highest BCUT2D eigenvalue weighted by molar-refractivity contribution is 7.85. The van der Waals surface area contributed by atoms with Gasteiger partial charge in [0.2, 0.25) is 3.57 Å². The van der Waals surface area contributed by atoms with E-state index in [2.05, 4.69) is 54.9 Å². The quantitative estimate of drug-likeness (QED) is 0.383. The zero-order valence-corrected chi connectivity index (χ0v) is 17.2. The molecule has 0 spiro atoms. The van der Waals surface area contributed by atoms with Gasteiger partial charge in [0.1, 0.15) is 10.1 Å². The second-order valence-electron chi connectivity index (χ2n) is 6.13. The Morgan fingerprint density at radius 3 is 1.96 bits per heavy atom. The van der Waals surface area contributed by atoms with Crippen LogP contribution in [0.2, 0.25) is 0 Å². The second-order valence-corrected chi connectivity index (χ2v) is 9.83. The van der Waals surface area contributed by atoms with Crippen LogP contribution >= 0.6 is 0 Å². The predicted octanol–water partition coefficient (Wildman–Crippen LogP) is 0.851. The van der Waals surface area contributed by atoms with Gasteiger partial charge >= 0.3 is 21.2 Å². The van der Waals surface area contributed by atoms with Crippen LogP contribution in [0.3, 0.4) is 0 Å². The van der Waals surface area contributed by atoms with Crippen molar-refractivity contribution in [2.45, 2.75) is 32.6 Å². The first-order chi connectivity index (χ1) is 11.1. The molecule has 2 aromatic rings. The maximum atomic E-state index is 10.4. The van der Waals surface area contributed by atoms with E-state index in [1.165, 1.54) is 15.7 Å². The Morgan fingerprint density at radius 1 is 0.958 bits per heavy atom. The Morgan fingerprint density at radius 2 is 1.50 bits per heavy atom. The average Bonchev–Trinajstić information content (AvgIpc) is 2.47. The molecule has 0 radical (unpaired) electrons. The topological polar surface area (TPSA) is 57.2 Å². The third kappa shape index (κ3) is 9.06. The Labute approximate surface area is 155 Å². The zero-order valence-electron chi connectivity index (χ0n) is 14.2. The normalized spacial score (nSPS) is 10.9. The third-order valence-corrected chi connectivity index (χ3v) is 5.35. The summed E-state index contributed by atoms with van der Waals surface area (Å²) < 4.78 is 35.9. The summed E-state index contributed by atoms with van der Waals surface area (Å²) in [5.74, 6) is 3.27. The van der Waals surface area contributed by atoms with Crippen LogP contribution in [-0.4, -0.2) is 13.0 Å². The number of aryl methyl sites for hydroxylation is 1. The lowest BCUT2D eigenvalue weighted by atomic mass is 9.99. The fourth-order valence-corrected chi connectivity index (χ4v) is 3.90. The standard InChI is InChI=1S/C12H14I.C7H8O3S/c1-12(2,3)9-10-13-11-7-5-4-6-8-11;1-6-2-4-7(5-3-6)11(8,9)10/h4-8H,1-3H3;2-5H,1H3,(H,8,9,10)/q+1;/p-1. The summed E-state index contributed by atoms with van der Waals surface area (Å²) in [4.78, 5) is -0.178. The molecule has 0 bridgehead atoms. The fraction of sp³-hybridized carbons (Fsp3) is 0.263. The summed E-state index contributed by atoms with van der Waals surface area (Å²) in [6.07, 6.45) is 0. The Bertz CT molecular complexity index is 794. The molecule has 0 N–H and O–H groups in total. The molecular weight excluding hydrogens is 435 g/mol. The van der Waals surface area contributed by atoms with Gasteiger partial charge in [0, 0.05) is 5.41 Å². The van der Waals surface area contributed by atoms with E-state index >= 15 is 0 Å². The molecule has 0 saturated heterocycles. The SMILES string of the molecule is CC(C)(C)C#C[I+]c1ccccc1.Cc1ccc(S(=O)(=O)[O-])cc1. The summed E-state index contributed by atoms with van der Waals surface area (Å²) in [5, 5.41) is 0. The van der Waals surface area contributed by atoms with Crippen LogP contribution in [0.4, 0.5) is 0 Å². The minimum absolute atomic E-state index is 0.100. The minimum Gasteiger partial charge on any atom is -0.744 e. The lowest BCUT2D eigenvalue weighted by Gasteiger charge is -2.05. The van der Waals surface area contributed by atoms with Crippen LogP contribution in [0.25, 0.3) is 0 Å². The number of hydrogen-bond acceptors (Lipinski definition) is 3. The van der Waals surface area contributed by atoms with E-state index in [1.54, 1.807) is 12.1 Å². The van der Waals surface area contributed by atoms with Gasteiger partial charge in [-0.25, -0.2) is 8.42 Å². The van der Waals surface area contributed by atoms with E-state index in [0.717, 1.165) is 5.56 Å². The van der Waals surface area contributed by atoms with Gasteiger partial charge in [-0.2, -0.15) is 0 Å². The van der Waals surface area contributed by atoms with Crippen molar-refractivity contribution in [1.82, 2.24) is 0 Å². The summed E-state index contributed by atoms with van der Waals surface area (Å²) in [5.41, 5.74) is 1.08. The van der Waals surface area contributed by atoms with Crippen molar-refractivity contribution < 1.29 is 34.2 Å². The number of hydrogen-bond donors (Lipinski definition) is 0. The van der Waals surface area contributed by atoms with Gasteiger partial charge in [-0.05, 0) is 57.9 Å². The fourth-order valence-electron chi connectivity index (χ4n) is 1.40. The summed E-state index contributed by atoms with van der Waals surface area (Å²) in [6.45, 7) is 8.26. The average molecular weight is 456 g/mol. The number of rotatable bonds is 2. The first-order valence-corrected chi connectivity index (χ1v) is 10.9. The molecule has 128 valence electrons. The number of halogens is 1. The molecule has 3 nitrogen and oxygen atoms in total. The summed E-state index contributed by atoms with van der Waals surface area (Å²) in [6, 6.07) is 16.3. The van der Waals surface area contributed by atoms with E-state index in [4.69, 9.17) is 0 Å². The predicted molar refractivity (Wildman–Crippen MR) is 91.5 cm³/mol. The molecule has 5 heteroatoms. The zero-order chi connectivity index (χ0) is 18.2. The van der Waals surface area contributed by atoms with Gasteiger partial charge in [0.25, 0.3) is 0 Å². The molecule has 0 heterocycles. The maximum absolute atomic E-state index is 10.4. The smallest absolute Gasteiger partial charge is 0.419 e. The molecule has 0 amide bonds. The van der Waals surface area contributed by atoms with Gasteiger partial charge in [0.05, 0.1) is 4.90 Å². The van der Waals surface area contributed by atoms with E-state index < -0.39 is 10.1 Å². The monoisotopic (exact) mass is 456 g/mol. The van der Waals surface area contributed by atoms with Gasteiger partial charge < -0.3 is 4.55 Å². The highest BCUT2D eigenvalue weighted by Gasteiger charge is 2.10. The number of benzene rings is 2. The molecular formula is C19H21IO3S. The van der Waals surface area contributed by atoms with Gasteiger partial charge in [0.15, 0.2) is 3.93 Å². The molecule has 0 saturated carbocycles. The van der Waals surface area contributed by atoms with Crippen molar-refractivity contribution in [1.29, 1.82) is 0 Å². The summed E-state index contributed by atoms with van der Waals surface area (Å²) in [7, 11) is -4.27. The lowest BCUT2D eigenvalue weighted by molar-refractivity contribution is -0.535. The van der Waals surface area contributed by atoms with Crippen LogP contribution in [-0.2, 0) is 10.1 Å². The Hall–Kier alpha value is -1.36. The minimum atomic E-state index is -4.27. The molecule has 0 aromatic heterocycles. The maximum Gasteiger partial charge on any atom is 0.419 e. The van der Waals surface area contributed by atoms with Crippen LogP contribution < -0.4 is 21.2 Å². The van der Waals surface area contributed by atoms with Gasteiger partial charge in [-0.1, -0.05) is 35.9 Å². The van der Waals surface area contributed by atoms with Crippen LogP contribution in [0.15, 0.2) is 59.5 Å². The first-order valence-electron chi connectivity index (χ1n) is 7.31. The largest absolute Gasteiger partial charge is 0.744 e. The second kappa shape index (κ2) is 9.21. The van der Waals surface area contributed by atoms with Gasteiger partial charge in [-0.15, -0.1) is 0 Å². The van der Waals surface area contributed by atoms with Crippen molar-refractivity contribution in [3.05, 3.63) is 63.7 Å². The van der Waals surface area contributed by atoms with Crippen LogP contribution in [0.1, 0.15) is 26.3 Å². The van der Waals surface area contributed by atoms with Crippen molar-refractivity contribution in [2.75, 3.05) is 0 Å². The third-order valence-electron chi connectivity index (χ3n) is 2.62. The van der Waals surface area contributed by atoms with Crippen molar-refractivity contribution in [2.24, 2.45) is 5.41 Å². The molecule has 0 aliphatic carbocycles. The van der Waals surface area contributed by atoms with Crippen LogP contribution in [0.5, 0.6) is 0 Å². The van der Waals surface area contributed by atoms with Crippen LogP contribution in [0, 0.1) is 25.8 Å². The summed E-state index contributed by atoms with van der Waals surface area (Å²) >= 11 is -0.100. The van der Waals surface area contributed by atoms with Crippen molar-refractivity contribution in [3.8, 4) is 9.85 Å². The molecule has 24 heavy (non-hydrogen) atoms. The first kappa shape index (κ1) is 20.7. The molecule has 0 atom stereocenters. The lowest BCUT2D eigenvalue weighted by Crippen LogP contribution is -3.59. The molecule has 0 unspecified atom stereocenters. The van der Waals surface area contributed by atoms with Gasteiger partial charge in [-0.3, -0.25) is 0 Å². The molecule has 0 aliphatic heterocycles. The molecule has 2 rings (SSSR count). The van der Waals surface area contributed by atoms with E-state index in [0.29, 0.717) is 0 Å². The van der Waals surface area contributed by atoms with E-state index in [-0.39, 0.29) is 31.5 Å². The highest BCUT2D eigenvalue weighted by Crippen LogP contribution is 2.09. The molecule has 0 fully saturated rings. The van der Waals surface area contributed by atoms with E-state index in [9.17, 15) is 13.0 Å². The molecule has 0 aliphatic rings.